The Hall–Kier alpha value is -1.84. The van der Waals surface area contributed by atoms with Crippen LogP contribution in [0.5, 0.6) is 0 Å². The summed E-state index contributed by atoms with van der Waals surface area (Å²) in [7, 11) is 0. The Bertz CT molecular complexity index is 451. The van der Waals surface area contributed by atoms with Gasteiger partial charge in [-0.15, -0.1) is 0 Å². The van der Waals surface area contributed by atoms with E-state index in [4.69, 9.17) is 0 Å². The maximum Gasteiger partial charge on any atom is 0.0724 e. The summed E-state index contributed by atoms with van der Waals surface area (Å²) in [6.07, 6.45) is 2.47. The molecular formula is C14H16O4-2. The Kier molecular flexibility index (Phi) is 4.89. The fourth-order valence-corrected chi connectivity index (χ4v) is 2.24. The third-order valence-corrected chi connectivity index (χ3v) is 3.09. The minimum absolute atomic E-state index is 0.0298. The van der Waals surface area contributed by atoms with E-state index >= 15 is 0 Å². The fraction of sp³-hybridized carbons (Fsp3) is 0.429. The van der Waals surface area contributed by atoms with Crippen LogP contribution in [0.1, 0.15) is 65.3 Å². The summed E-state index contributed by atoms with van der Waals surface area (Å²) in [5.41, 5.74) is -0.0131. The molecule has 0 aliphatic rings. The van der Waals surface area contributed by atoms with Crippen LogP contribution in [-0.4, -0.2) is 11.9 Å². The molecule has 1 aromatic rings. The number of carboxylic acids is 2. The van der Waals surface area contributed by atoms with E-state index in [-0.39, 0.29) is 17.0 Å². The van der Waals surface area contributed by atoms with Crippen molar-refractivity contribution in [1.29, 1.82) is 0 Å². The van der Waals surface area contributed by atoms with Crippen LogP contribution in [0.4, 0.5) is 0 Å². The summed E-state index contributed by atoms with van der Waals surface area (Å²) in [5.74, 6) is -2.91. The first-order chi connectivity index (χ1) is 8.52. The quantitative estimate of drug-likeness (QED) is 0.742. The van der Waals surface area contributed by atoms with Crippen LogP contribution >= 0.6 is 0 Å². The van der Waals surface area contributed by atoms with E-state index in [2.05, 4.69) is 0 Å². The van der Waals surface area contributed by atoms with Gasteiger partial charge in [0.2, 0.25) is 0 Å². The molecule has 0 amide bonds. The summed E-state index contributed by atoms with van der Waals surface area (Å²) >= 11 is 0. The van der Waals surface area contributed by atoms with Gasteiger partial charge < -0.3 is 19.8 Å². The highest BCUT2D eigenvalue weighted by molar-refractivity contribution is 6.01. The second-order valence-corrected chi connectivity index (χ2v) is 4.24. The van der Waals surface area contributed by atoms with E-state index in [0.29, 0.717) is 5.56 Å². The Morgan fingerprint density at radius 3 is 2.28 bits per heavy atom. The van der Waals surface area contributed by atoms with Crippen molar-refractivity contribution in [2.75, 3.05) is 0 Å². The molecule has 0 spiro atoms. The van der Waals surface area contributed by atoms with Gasteiger partial charge in [-0.3, -0.25) is 0 Å². The Labute approximate surface area is 106 Å². The minimum atomic E-state index is -1.48. The van der Waals surface area contributed by atoms with Crippen molar-refractivity contribution in [2.24, 2.45) is 0 Å². The molecule has 0 heterocycles. The lowest BCUT2D eigenvalue weighted by Gasteiger charge is -2.22. The lowest BCUT2D eigenvalue weighted by Crippen LogP contribution is -2.31. The van der Waals surface area contributed by atoms with E-state index < -0.39 is 11.9 Å². The predicted octanol–water partition coefficient (Wildman–Crippen LogP) is 0.707. The zero-order valence-corrected chi connectivity index (χ0v) is 10.6. The molecule has 0 fully saturated rings. The molecule has 0 bridgehead atoms. The van der Waals surface area contributed by atoms with Crippen molar-refractivity contribution in [2.45, 2.75) is 39.0 Å². The van der Waals surface area contributed by atoms with Crippen molar-refractivity contribution in [3.05, 3.63) is 34.9 Å². The topological polar surface area (TPSA) is 80.3 Å². The summed E-state index contributed by atoms with van der Waals surface area (Å²) in [6, 6.07) is 4.44. The molecule has 18 heavy (non-hydrogen) atoms. The smallest absolute Gasteiger partial charge is 0.0724 e. The first kappa shape index (κ1) is 14.2. The van der Waals surface area contributed by atoms with Crippen LogP contribution in [0.15, 0.2) is 18.2 Å². The van der Waals surface area contributed by atoms with Gasteiger partial charge in [0.05, 0.1) is 11.9 Å². The molecule has 1 rings (SSSR count). The molecule has 4 nitrogen and oxygen atoms in total. The van der Waals surface area contributed by atoms with Crippen LogP contribution in [0.25, 0.3) is 0 Å². The second kappa shape index (κ2) is 6.19. The van der Waals surface area contributed by atoms with Crippen LogP contribution in [-0.2, 0) is 0 Å². The predicted molar refractivity (Wildman–Crippen MR) is 63.0 cm³/mol. The molecular weight excluding hydrogens is 232 g/mol. The number of aromatic carboxylic acids is 2. The first-order valence-electron chi connectivity index (χ1n) is 6.08. The van der Waals surface area contributed by atoms with E-state index in [1.165, 1.54) is 6.07 Å². The normalized spacial score (nSPS) is 12.1. The molecule has 0 saturated heterocycles. The van der Waals surface area contributed by atoms with Gasteiger partial charge in [-0.05, 0) is 24.3 Å². The maximum absolute atomic E-state index is 11.2. The average Bonchev–Trinajstić information content (AvgIpc) is 2.34. The molecule has 4 heteroatoms. The lowest BCUT2D eigenvalue weighted by molar-refractivity contribution is -0.259. The third kappa shape index (κ3) is 2.88. The van der Waals surface area contributed by atoms with Crippen molar-refractivity contribution in [1.82, 2.24) is 0 Å². The van der Waals surface area contributed by atoms with Gasteiger partial charge >= 0.3 is 0 Å². The summed E-state index contributed by atoms with van der Waals surface area (Å²) in [6.45, 7) is 3.95. The SMILES string of the molecule is CCCC(CC)c1cccc(C(=O)[O-])c1C(=O)[O-]. The summed E-state index contributed by atoms with van der Waals surface area (Å²) in [4.78, 5) is 22.1. The molecule has 1 aromatic carbocycles. The van der Waals surface area contributed by atoms with Gasteiger partial charge in [0.25, 0.3) is 0 Å². The number of benzene rings is 1. The van der Waals surface area contributed by atoms with Crippen molar-refractivity contribution < 1.29 is 19.8 Å². The molecule has 1 unspecified atom stereocenters. The van der Waals surface area contributed by atoms with Gasteiger partial charge in [-0.2, -0.15) is 0 Å². The third-order valence-electron chi connectivity index (χ3n) is 3.09. The van der Waals surface area contributed by atoms with E-state index in [1.807, 2.05) is 13.8 Å². The van der Waals surface area contributed by atoms with Crippen LogP contribution in [0.2, 0.25) is 0 Å². The molecule has 1 atom stereocenters. The van der Waals surface area contributed by atoms with Crippen molar-refractivity contribution >= 4 is 11.9 Å². The monoisotopic (exact) mass is 248 g/mol. The standard InChI is InChI=1S/C14H18O4/c1-3-6-9(4-2)10-7-5-8-11(13(15)16)12(10)14(17)18/h5,7-9H,3-4,6H2,1-2H3,(H,15,16)(H,17,18)/p-2. The number of carboxylic acid groups (broad SMARTS) is 2. The highest BCUT2D eigenvalue weighted by Gasteiger charge is 2.16. The number of carbonyl (C=O) groups is 2. The zero-order valence-electron chi connectivity index (χ0n) is 10.6. The Morgan fingerprint density at radius 1 is 1.17 bits per heavy atom. The average molecular weight is 248 g/mol. The largest absolute Gasteiger partial charge is 0.545 e. The maximum atomic E-state index is 11.2. The molecule has 0 aromatic heterocycles. The molecule has 0 aliphatic heterocycles. The minimum Gasteiger partial charge on any atom is -0.545 e. The molecule has 0 aliphatic carbocycles. The van der Waals surface area contributed by atoms with Crippen LogP contribution in [0, 0.1) is 0 Å². The van der Waals surface area contributed by atoms with Crippen molar-refractivity contribution in [3.8, 4) is 0 Å². The Balaban J connectivity index is 3.38. The second-order valence-electron chi connectivity index (χ2n) is 4.24. The number of hydrogen-bond acceptors (Lipinski definition) is 4. The van der Waals surface area contributed by atoms with E-state index in [1.54, 1.807) is 12.1 Å². The fourth-order valence-electron chi connectivity index (χ4n) is 2.24. The number of hydrogen-bond donors (Lipinski definition) is 0. The van der Waals surface area contributed by atoms with Gasteiger partial charge in [-0.1, -0.05) is 38.5 Å². The molecule has 0 radical (unpaired) electrons. The van der Waals surface area contributed by atoms with Crippen LogP contribution in [0.3, 0.4) is 0 Å². The lowest BCUT2D eigenvalue weighted by atomic mass is 9.86. The van der Waals surface area contributed by atoms with Crippen LogP contribution < -0.4 is 10.2 Å². The van der Waals surface area contributed by atoms with Crippen molar-refractivity contribution in [3.63, 3.8) is 0 Å². The van der Waals surface area contributed by atoms with Gasteiger partial charge in [0.15, 0.2) is 0 Å². The first-order valence-corrected chi connectivity index (χ1v) is 6.08. The summed E-state index contributed by atoms with van der Waals surface area (Å²) in [5, 5.41) is 22.1. The number of rotatable bonds is 6. The highest BCUT2D eigenvalue weighted by atomic mass is 16.4. The van der Waals surface area contributed by atoms with Gasteiger partial charge in [-0.25, -0.2) is 0 Å². The molecule has 0 N–H and O–H groups in total. The molecule has 98 valence electrons. The van der Waals surface area contributed by atoms with Gasteiger partial charge in [0, 0.05) is 11.1 Å². The van der Waals surface area contributed by atoms with Gasteiger partial charge in [0.1, 0.15) is 0 Å². The highest BCUT2D eigenvalue weighted by Crippen LogP contribution is 2.29. The summed E-state index contributed by atoms with van der Waals surface area (Å²) < 4.78 is 0. The zero-order chi connectivity index (χ0) is 13.7. The van der Waals surface area contributed by atoms with E-state index in [0.717, 1.165) is 19.3 Å². The number of carbonyl (C=O) groups excluding carboxylic acids is 2. The molecule has 0 saturated carbocycles. The Morgan fingerprint density at radius 2 is 1.83 bits per heavy atom. The van der Waals surface area contributed by atoms with E-state index in [9.17, 15) is 19.8 Å².